The molecule has 0 N–H and O–H groups in total. The summed E-state index contributed by atoms with van der Waals surface area (Å²) in [5.74, 6) is -3.15. The summed E-state index contributed by atoms with van der Waals surface area (Å²) in [7, 11) is 0. The molecule has 1 aliphatic heterocycles. The van der Waals surface area contributed by atoms with Crippen molar-refractivity contribution in [2.75, 3.05) is 6.61 Å². The summed E-state index contributed by atoms with van der Waals surface area (Å²) in [6, 6.07) is 6.66. The zero-order chi connectivity index (χ0) is 21.0. The SMILES string of the molecule is CCCc1ccc(C2CCC3C(c4ccc(C5CO5)c(F)c4F)=CCC32)c(F)c1F. The number of rotatable bonds is 5. The minimum absolute atomic E-state index is 0.0321. The topological polar surface area (TPSA) is 12.5 Å². The molecule has 5 rings (SSSR count). The van der Waals surface area contributed by atoms with Gasteiger partial charge in [0.05, 0.1) is 6.61 Å². The summed E-state index contributed by atoms with van der Waals surface area (Å²) in [4.78, 5) is 0. The number of hydrogen-bond donors (Lipinski definition) is 0. The lowest BCUT2D eigenvalue weighted by molar-refractivity contribution is 0.400. The molecule has 5 heteroatoms. The predicted octanol–water partition coefficient (Wildman–Crippen LogP) is 6.86. The summed E-state index contributed by atoms with van der Waals surface area (Å²) in [6.07, 6.45) is 5.01. The molecule has 0 amide bonds. The lowest BCUT2D eigenvalue weighted by atomic mass is 9.83. The van der Waals surface area contributed by atoms with Crippen molar-refractivity contribution in [2.24, 2.45) is 11.8 Å². The maximum atomic E-state index is 14.8. The minimum Gasteiger partial charge on any atom is -0.368 e. The van der Waals surface area contributed by atoms with Crippen LogP contribution in [0.15, 0.2) is 30.3 Å². The van der Waals surface area contributed by atoms with E-state index in [0.717, 1.165) is 18.4 Å². The van der Waals surface area contributed by atoms with E-state index in [9.17, 15) is 17.6 Å². The first-order valence-electron chi connectivity index (χ1n) is 10.8. The average molecular weight is 416 g/mol. The summed E-state index contributed by atoms with van der Waals surface area (Å²) < 4.78 is 63.8. The van der Waals surface area contributed by atoms with Crippen LogP contribution >= 0.6 is 0 Å². The fourth-order valence-corrected chi connectivity index (χ4v) is 5.51. The van der Waals surface area contributed by atoms with Crippen molar-refractivity contribution in [2.45, 2.75) is 51.0 Å². The van der Waals surface area contributed by atoms with Gasteiger partial charge in [-0.3, -0.25) is 0 Å². The summed E-state index contributed by atoms with van der Waals surface area (Å²) >= 11 is 0. The van der Waals surface area contributed by atoms with E-state index >= 15 is 0 Å². The Morgan fingerprint density at radius 1 is 0.867 bits per heavy atom. The number of halogens is 4. The van der Waals surface area contributed by atoms with Gasteiger partial charge in [0.15, 0.2) is 23.3 Å². The third kappa shape index (κ3) is 3.09. The van der Waals surface area contributed by atoms with Gasteiger partial charge in [0, 0.05) is 11.1 Å². The second-order valence-corrected chi connectivity index (χ2v) is 8.69. The maximum Gasteiger partial charge on any atom is 0.166 e. The highest BCUT2D eigenvalue weighted by Gasteiger charge is 2.44. The lowest BCUT2D eigenvalue weighted by Crippen LogP contribution is -2.13. The van der Waals surface area contributed by atoms with Crippen LogP contribution in [-0.4, -0.2) is 6.61 Å². The van der Waals surface area contributed by atoms with Gasteiger partial charge in [0.25, 0.3) is 0 Å². The smallest absolute Gasteiger partial charge is 0.166 e. The summed E-state index contributed by atoms with van der Waals surface area (Å²) in [5, 5.41) is 0. The van der Waals surface area contributed by atoms with Gasteiger partial charge in [-0.15, -0.1) is 0 Å². The second-order valence-electron chi connectivity index (χ2n) is 8.69. The molecular weight excluding hydrogens is 392 g/mol. The molecule has 1 heterocycles. The van der Waals surface area contributed by atoms with Gasteiger partial charge in [0.2, 0.25) is 0 Å². The van der Waals surface area contributed by atoms with E-state index in [0.29, 0.717) is 37.0 Å². The fourth-order valence-electron chi connectivity index (χ4n) is 5.51. The highest BCUT2D eigenvalue weighted by molar-refractivity contribution is 5.71. The molecule has 2 aromatic carbocycles. The fraction of sp³-hybridized carbons (Fsp3) is 0.440. The van der Waals surface area contributed by atoms with Gasteiger partial charge in [-0.1, -0.05) is 43.7 Å². The summed E-state index contributed by atoms with van der Waals surface area (Å²) in [5.41, 5.74) is 2.18. The largest absolute Gasteiger partial charge is 0.368 e. The van der Waals surface area contributed by atoms with Crippen LogP contribution in [0.3, 0.4) is 0 Å². The van der Waals surface area contributed by atoms with Crippen LogP contribution in [0.25, 0.3) is 5.57 Å². The molecule has 0 radical (unpaired) electrons. The van der Waals surface area contributed by atoms with Crippen molar-refractivity contribution >= 4 is 5.57 Å². The number of fused-ring (bicyclic) bond motifs is 1. The normalized spacial score (nSPS) is 27.3. The van der Waals surface area contributed by atoms with Gasteiger partial charge in [0.1, 0.15) is 6.10 Å². The zero-order valence-electron chi connectivity index (χ0n) is 16.9. The molecule has 4 atom stereocenters. The number of epoxide rings is 1. The summed E-state index contributed by atoms with van der Waals surface area (Å²) in [6.45, 7) is 2.36. The number of ether oxygens (including phenoxy) is 1. The molecular formula is C25H24F4O. The van der Waals surface area contributed by atoms with Gasteiger partial charge in [-0.25, -0.2) is 17.6 Å². The third-order valence-electron chi connectivity index (χ3n) is 7.05. The van der Waals surface area contributed by atoms with Crippen LogP contribution in [0.2, 0.25) is 0 Å². The predicted molar refractivity (Wildman–Crippen MR) is 107 cm³/mol. The molecule has 2 aliphatic carbocycles. The average Bonchev–Trinajstić information content (AvgIpc) is 3.36. The van der Waals surface area contributed by atoms with E-state index in [4.69, 9.17) is 4.74 Å². The van der Waals surface area contributed by atoms with Crippen molar-refractivity contribution in [1.29, 1.82) is 0 Å². The first-order chi connectivity index (χ1) is 14.5. The molecule has 158 valence electrons. The van der Waals surface area contributed by atoms with Crippen molar-refractivity contribution < 1.29 is 22.3 Å². The molecule has 3 aliphatic rings. The van der Waals surface area contributed by atoms with E-state index in [-0.39, 0.29) is 35.0 Å². The monoisotopic (exact) mass is 416 g/mol. The Morgan fingerprint density at radius 3 is 2.30 bits per heavy atom. The van der Waals surface area contributed by atoms with Gasteiger partial charge in [-0.05, 0) is 60.1 Å². The molecule has 2 aromatic rings. The van der Waals surface area contributed by atoms with Crippen LogP contribution in [0, 0.1) is 35.1 Å². The van der Waals surface area contributed by atoms with Crippen molar-refractivity contribution in [3.05, 3.63) is 75.9 Å². The van der Waals surface area contributed by atoms with E-state index < -0.39 is 23.3 Å². The molecule has 2 fully saturated rings. The van der Waals surface area contributed by atoms with E-state index in [1.165, 1.54) is 0 Å². The van der Waals surface area contributed by atoms with Crippen LogP contribution in [0.5, 0.6) is 0 Å². The Bertz CT molecular complexity index is 1020. The molecule has 30 heavy (non-hydrogen) atoms. The quantitative estimate of drug-likeness (QED) is 0.383. The maximum absolute atomic E-state index is 14.8. The molecule has 4 unspecified atom stereocenters. The van der Waals surface area contributed by atoms with Crippen molar-refractivity contribution in [3.63, 3.8) is 0 Å². The Labute approximate surface area is 173 Å². The van der Waals surface area contributed by atoms with Crippen LogP contribution < -0.4 is 0 Å². The molecule has 1 saturated carbocycles. The third-order valence-corrected chi connectivity index (χ3v) is 7.05. The van der Waals surface area contributed by atoms with Gasteiger partial charge < -0.3 is 4.74 Å². The first-order valence-corrected chi connectivity index (χ1v) is 10.8. The molecule has 1 nitrogen and oxygen atoms in total. The van der Waals surface area contributed by atoms with Crippen LogP contribution in [0.4, 0.5) is 17.6 Å². The number of allylic oxidation sites excluding steroid dienone is 2. The van der Waals surface area contributed by atoms with E-state index in [1.807, 2.05) is 13.0 Å². The lowest BCUT2D eigenvalue weighted by Gasteiger charge is -2.22. The highest BCUT2D eigenvalue weighted by atomic mass is 19.2. The molecule has 1 saturated heterocycles. The molecule has 0 aromatic heterocycles. The van der Waals surface area contributed by atoms with E-state index in [2.05, 4.69) is 0 Å². The van der Waals surface area contributed by atoms with Crippen LogP contribution in [-0.2, 0) is 11.2 Å². The van der Waals surface area contributed by atoms with E-state index in [1.54, 1.807) is 24.3 Å². The zero-order valence-corrected chi connectivity index (χ0v) is 16.9. The highest BCUT2D eigenvalue weighted by Crippen LogP contribution is 2.55. The number of benzene rings is 2. The van der Waals surface area contributed by atoms with Crippen LogP contribution in [0.1, 0.15) is 66.9 Å². The molecule has 0 bridgehead atoms. The Hall–Kier alpha value is -2.14. The Morgan fingerprint density at radius 2 is 1.57 bits per heavy atom. The van der Waals surface area contributed by atoms with Crippen molar-refractivity contribution in [3.8, 4) is 0 Å². The number of aryl methyl sites for hydroxylation is 1. The first kappa shape index (κ1) is 19.8. The van der Waals surface area contributed by atoms with Gasteiger partial charge in [-0.2, -0.15) is 0 Å². The second kappa shape index (κ2) is 7.52. The standard InChI is InChI=1S/C25H24F4O/c1-2-3-13-4-5-18(23(27)22(13)26)16-8-6-15-14(16)7-9-17(15)19-10-11-20(21-12-30-21)25(29)24(19)28/h4-5,9-11,14-16,21H,2-3,6-8,12H2,1H3. The van der Waals surface area contributed by atoms with Gasteiger partial charge >= 0.3 is 0 Å². The minimum atomic E-state index is -0.839. The molecule has 0 spiro atoms. The number of hydrogen-bond acceptors (Lipinski definition) is 1. The Balaban J connectivity index is 1.42. The Kier molecular flexibility index (Phi) is 4.97. The van der Waals surface area contributed by atoms with Crippen molar-refractivity contribution in [1.82, 2.24) is 0 Å².